The number of halogens is 2. The van der Waals surface area contributed by atoms with E-state index in [1.54, 1.807) is 6.08 Å². The highest BCUT2D eigenvalue weighted by atomic mass is 19.2. The molecule has 0 N–H and O–H groups in total. The monoisotopic (exact) mass is 227 g/mol. The normalized spacial score (nSPS) is 31.6. The Morgan fingerprint density at radius 3 is 2.75 bits per heavy atom. The van der Waals surface area contributed by atoms with Gasteiger partial charge in [-0.1, -0.05) is 43.1 Å². The van der Waals surface area contributed by atoms with Crippen LogP contribution in [0.15, 0.2) is 36.7 Å². The number of nitrogens with zero attached hydrogens (tertiary/aromatic N) is 1. The zero-order valence-electron chi connectivity index (χ0n) is 10.1. The maximum absolute atomic E-state index is 13.6. The molecule has 1 rings (SSSR count). The lowest BCUT2D eigenvalue weighted by molar-refractivity contribution is 0.103. The van der Waals surface area contributed by atoms with Gasteiger partial charge in [0.05, 0.1) is 5.70 Å². The summed E-state index contributed by atoms with van der Waals surface area (Å²) in [6.07, 6.45) is 6.22. The summed E-state index contributed by atoms with van der Waals surface area (Å²) >= 11 is 0. The van der Waals surface area contributed by atoms with E-state index in [1.807, 2.05) is 19.9 Å². The van der Waals surface area contributed by atoms with Gasteiger partial charge < -0.3 is 0 Å². The Hall–Kier alpha value is -1.12. The van der Waals surface area contributed by atoms with Crippen LogP contribution >= 0.6 is 0 Å². The molecule has 0 bridgehead atoms. The predicted octanol–water partition coefficient (Wildman–Crippen LogP) is 4.16. The van der Waals surface area contributed by atoms with Crippen molar-refractivity contribution in [3.8, 4) is 0 Å². The van der Waals surface area contributed by atoms with Crippen LogP contribution in [0.25, 0.3) is 0 Å². The maximum atomic E-state index is 13.6. The summed E-state index contributed by atoms with van der Waals surface area (Å²) in [4.78, 5) is 0. The van der Waals surface area contributed by atoms with Gasteiger partial charge in [-0.3, -0.25) is 0 Å². The molecule has 3 atom stereocenters. The van der Waals surface area contributed by atoms with Gasteiger partial charge in [-0.2, -0.15) is 5.12 Å². The smallest absolute Gasteiger partial charge is 0.129 e. The van der Waals surface area contributed by atoms with Gasteiger partial charge in [-0.05, 0) is 12.8 Å². The lowest BCUT2D eigenvalue weighted by Crippen LogP contribution is -2.23. The van der Waals surface area contributed by atoms with Crippen LogP contribution in [0.2, 0.25) is 0 Å². The van der Waals surface area contributed by atoms with Gasteiger partial charge in [-0.15, -0.1) is 0 Å². The summed E-state index contributed by atoms with van der Waals surface area (Å²) in [6.45, 7) is 8.82. The number of hydrogen-bond acceptors (Lipinski definition) is 1. The Balaban J connectivity index is 2.82. The molecule has 0 fully saturated rings. The van der Waals surface area contributed by atoms with Gasteiger partial charge >= 0.3 is 0 Å². The summed E-state index contributed by atoms with van der Waals surface area (Å²) in [5, 5.41) is 0.573. The van der Waals surface area contributed by atoms with Gasteiger partial charge in [0, 0.05) is 18.5 Å². The first kappa shape index (κ1) is 12.9. The summed E-state index contributed by atoms with van der Waals surface area (Å²) < 4.78 is 27.1. The first-order valence-electron chi connectivity index (χ1n) is 5.53. The molecular weight excluding hydrogens is 208 g/mol. The highest BCUT2D eigenvalue weighted by Crippen LogP contribution is 2.31. The molecule has 1 nitrogen and oxygen atoms in total. The Labute approximate surface area is 96.1 Å². The molecule has 0 aliphatic carbocycles. The second-order valence-corrected chi connectivity index (χ2v) is 4.62. The van der Waals surface area contributed by atoms with E-state index in [1.165, 1.54) is 19.2 Å². The minimum Gasteiger partial charge on any atom is -0.239 e. The zero-order valence-corrected chi connectivity index (χ0v) is 10.1. The van der Waals surface area contributed by atoms with Gasteiger partial charge in [0.25, 0.3) is 0 Å². The predicted molar refractivity (Wildman–Crippen MR) is 62.8 cm³/mol. The second kappa shape index (κ2) is 4.81. The maximum Gasteiger partial charge on any atom is 0.129 e. The third-order valence-electron chi connectivity index (χ3n) is 3.16. The van der Waals surface area contributed by atoms with E-state index in [0.717, 1.165) is 0 Å². The van der Waals surface area contributed by atoms with Gasteiger partial charge in [0.15, 0.2) is 0 Å². The standard InChI is InChI=1S/C13H19F2N/c1-5-13(4,14)8-6-12-11(3)10(2)7-9-16(12)15/h5-7,9-11H,1,8H2,2-4H3/b12-6+/t10?,11?,13-/m1/s1. The molecule has 1 aliphatic heterocycles. The fourth-order valence-electron chi connectivity index (χ4n) is 1.59. The molecule has 0 aromatic rings. The minimum absolute atomic E-state index is 0.0654. The highest BCUT2D eigenvalue weighted by Gasteiger charge is 2.25. The minimum atomic E-state index is -1.47. The van der Waals surface area contributed by atoms with E-state index >= 15 is 0 Å². The van der Waals surface area contributed by atoms with Crippen molar-refractivity contribution in [2.75, 3.05) is 0 Å². The van der Waals surface area contributed by atoms with Crippen molar-refractivity contribution in [3.05, 3.63) is 36.7 Å². The Kier molecular flexibility index (Phi) is 3.89. The summed E-state index contributed by atoms with van der Waals surface area (Å²) in [6, 6.07) is 0. The summed E-state index contributed by atoms with van der Waals surface area (Å²) in [7, 11) is 0. The summed E-state index contributed by atoms with van der Waals surface area (Å²) in [5.41, 5.74) is -0.946. The molecule has 3 heteroatoms. The van der Waals surface area contributed by atoms with Crippen LogP contribution in [0.3, 0.4) is 0 Å². The van der Waals surface area contributed by atoms with Crippen molar-refractivity contribution in [2.24, 2.45) is 11.8 Å². The molecule has 1 heterocycles. The average molecular weight is 227 g/mol. The molecule has 0 saturated carbocycles. The van der Waals surface area contributed by atoms with Gasteiger partial charge in [-0.25, -0.2) is 4.39 Å². The Morgan fingerprint density at radius 1 is 1.56 bits per heavy atom. The molecule has 0 aromatic heterocycles. The molecule has 0 amide bonds. The lowest BCUT2D eigenvalue weighted by atomic mass is 9.89. The number of allylic oxidation sites excluding steroid dienone is 4. The quantitative estimate of drug-likeness (QED) is 0.517. The van der Waals surface area contributed by atoms with Crippen LogP contribution in [0.1, 0.15) is 27.2 Å². The van der Waals surface area contributed by atoms with Crippen LogP contribution in [-0.4, -0.2) is 10.8 Å². The Morgan fingerprint density at radius 2 is 2.19 bits per heavy atom. The first-order chi connectivity index (χ1) is 7.37. The zero-order chi connectivity index (χ0) is 12.3. The van der Waals surface area contributed by atoms with E-state index in [9.17, 15) is 8.87 Å². The molecular formula is C13H19F2N. The topological polar surface area (TPSA) is 3.24 Å². The van der Waals surface area contributed by atoms with E-state index in [0.29, 0.717) is 10.8 Å². The van der Waals surface area contributed by atoms with Crippen molar-refractivity contribution >= 4 is 0 Å². The van der Waals surface area contributed by atoms with Crippen molar-refractivity contribution in [3.63, 3.8) is 0 Å². The van der Waals surface area contributed by atoms with E-state index in [4.69, 9.17) is 0 Å². The van der Waals surface area contributed by atoms with Crippen molar-refractivity contribution in [2.45, 2.75) is 32.9 Å². The molecule has 0 saturated heterocycles. The highest BCUT2D eigenvalue weighted by molar-refractivity contribution is 5.16. The number of rotatable bonds is 3. The first-order valence-corrected chi connectivity index (χ1v) is 5.53. The van der Waals surface area contributed by atoms with E-state index < -0.39 is 5.67 Å². The van der Waals surface area contributed by atoms with Crippen molar-refractivity contribution < 1.29 is 8.87 Å². The molecule has 2 unspecified atom stereocenters. The fourth-order valence-corrected chi connectivity index (χ4v) is 1.59. The molecule has 0 spiro atoms. The van der Waals surface area contributed by atoms with Crippen molar-refractivity contribution in [1.82, 2.24) is 5.12 Å². The van der Waals surface area contributed by atoms with E-state index in [2.05, 4.69) is 6.58 Å². The molecule has 1 aliphatic rings. The largest absolute Gasteiger partial charge is 0.239 e. The number of hydrogen-bond donors (Lipinski definition) is 0. The van der Waals surface area contributed by atoms with Crippen LogP contribution < -0.4 is 0 Å². The van der Waals surface area contributed by atoms with Crippen molar-refractivity contribution in [1.29, 1.82) is 0 Å². The second-order valence-electron chi connectivity index (χ2n) is 4.62. The SMILES string of the molecule is C=C[C@@](C)(F)C/C=C1\C(C)C(C)C=CN1F. The fraction of sp³-hybridized carbons (Fsp3) is 0.538. The van der Waals surface area contributed by atoms with Crippen LogP contribution in [0.4, 0.5) is 8.87 Å². The third-order valence-corrected chi connectivity index (χ3v) is 3.16. The van der Waals surface area contributed by atoms with E-state index in [-0.39, 0.29) is 18.3 Å². The molecule has 0 aromatic carbocycles. The lowest BCUT2D eigenvalue weighted by Gasteiger charge is -2.29. The summed E-state index contributed by atoms with van der Waals surface area (Å²) in [5.74, 6) is 0.337. The van der Waals surface area contributed by atoms with Crippen LogP contribution in [0, 0.1) is 11.8 Å². The molecule has 16 heavy (non-hydrogen) atoms. The van der Waals surface area contributed by atoms with Crippen LogP contribution in [0.5, 0.6) is 0 Å². The number of alkyl halides is 1. The van der Waals surface area contributed by atoms with Crippen LogP contribution in [-0.2, 0) is 0 Å². The average Bonchev–Trinajstić information content (AvgIpc) is 2.24. The third kappa shape index (κ3) is 2.94. The molecule has 0 radical (unpaired) electrons. The van der Waals surface area contributed by atoms with Gasteiger partial charge in [0.2, 0.25) is 0 Å². The van der Waals surface area contributed by atoms with Gasteiger partial charge in [0.1, 0.15) is 5.67 Å². The molecule has 90 valence electrons. The Bertz CT molecular complexity index is 318.